The van der Waals surface area contributed by atoms with Crippen molar-refractivity contribution >= 4 is 49.4 Å². The first-order chi connectivity index (χ1) is 21.6. The van der Waals surface area contributed by atoms with Crippen LogP contribution in [0, 0.1) is 0 Å². The Labute approximate surface area is 256 Å². The van der Waals surface area contributed by atoms with E-state index in [9.17, 15) is 0 Å². The van der Waals surface area contributed by atoms with Crippen molar-refractivity contribution in [3.05, 3.63) is 137 Å². The van der Waals surface area contributed by atoms with Gasteiger partial charge in [-0.25, -0.2) is 0 Å². The standard InChI is InChI=1S/C43H30O/c1-43(2)35-18-8-7-12-27(35)28-22-21-26(24-36(28)43)39-29-13-3-5-15-31(29)41(32-16-6-4-14-30(32)39)34-23-25-11-9-19-37-40(25)42-33(34)17-10-20-38(42)44-37/h3-9,11-16,18-24H,10,17H2,1-2H3. The van der Waals surface area contributed by atoms with Gasteiger partial charge in [0, 0.05) is 16.2 Å². The van der Waals surface area contributed by atoms with Crippen LogP contribution in [0.1, 0.15) is 37.0 Å². The van der Waals surface area contributed by atoms with Crippen LogP contribution in [0.4, 0.5) is 0 Å². The van der Waals surface area contributed by atoms with Crippen LogP contribution in [0.3, 0.4) is 0 Å². The summed E-state index contributed by atoms with van der Waals surface area (Å²) in [5.41, 5.74) is 14.2. The van der Waals surface area contributed by atoms with E-state index in [0.717, 1.165) is 23.8 Å². The van der Waals surface area contributed by atoms with Gasteiger partial charge in [0.2, 0.25) is 0 Å². The molecule has 1 heteroatoms. The van der Waals surface area contributed by atoms with E-state index in [-0.39, 0.29) is 5.41 Å². The fourth-order valence-electron chi connectivity index (χ4n) is 8.55. The maximum Gasteiger partial charge on any atom is 0.136 e. The quantitative estimate of drug-likeness (QED) is 0.191. The molecule has 0 aliphatic heterocycles. The van der Waals surface area contributed by atoms with Crippen LogP contribution in [0.25, 0.3) is 82.7 Å². The minimum atomic E-state index is -0.0456. The van der Waals surface area contributed by atoms with Gasteiger partial charge >= 0.3 is 0 Å². The molecule has 0 spiro atoms. The van der Waals surface area contributed by atoms with E-state index < -0.39 is 0 Å². The average Bonchev–Trinajstić information content (AvgIpc) is 3.56. The van der Waals surface area contributed by atoms with E-state index in [2.05, 4.69) is 135 Å². The van der Waals surface area contributed by atoms with E-state index in [1.807, 2.05) is 0 Å². The summed E-state index contributed by atoms with van der Waals surface area (Å²) in [6.07, 6.45) is 4.29. The summed E-state index contributed by atoms with van der Waals surface area (Å²) >= 11 is 0. The van der Waals surface area contributed by atoms with E-state index in [4.69, 9.17) is 4.42 Å². The van der Waals surface area contributed by atoms with Gasteiger partial charge in [0.15, 0.2) is 0 Å². The molecule has 1 aromatic heterocycles. The molecule has 0 saturated heterocycles. The fourth-order valence-corrected chi connectivity index (χ4v) is 8.55. The number of hydrogen-bond donors (Lipinski definition) is 0. The highest BCUT2D eigenvalue weighted by Gasteiger charge is 2.35. The fraction of sp³-hybridized carbons (Fsp3) is 0.116. The van der Waals surface area contributed by atoms with Gasteiger partial charge in [-0.15, -0.1) is 0 Å². The first kappa shape index (κ1) is 24.3. The second-order valence-corrected chi connectivity index (χ2v) is 13.1. The number of aryl methyl sites for hydroxylation is 1. The summed E-state index contributed by atoms with van der Waals surface area (Å²) in [6, 6.07) is 43.1. The summed E-state index contributed by atoms with van der Waals surface area (Å²) in [5.74, 6) is 0. The Kier molecular flexibility index (Phi) is 4.69. The van der Waals surface area contributed by atoms with Crippen LogP contribution >= 0.6 is 0 Å². The van der Waals surface area contributed by atoms with Crippen molar-refractivity contribution < 1.29 is 4.42 Å². The first-order valence-corrected chi connectivity index (χ1v) is 15.8. The van der Waals surface area contributed by atoms with Gasteiger partial charge in [-0.3, -0.25) is 0 Å². The molecule has 10 rings (SSSR count). The lowest BCUT2D eigenvalue weighted by atomic mass is 9.79. The van der Waals surface area contributed by atoms with Gasteiger partial charge in [-0.1, -0.05) is 111 Å². The number of benzene rings is 7. The predicted molar refractivity (Wildman–Crippen MR) is 185 cm³/mol. The highest BCUT2D eigenvalue weighted by Crippen LogP contribution is 2.52. The van der Waals surface area contributed by atoms with Crippen molar-refractivity contribution in [3.8, 4) is 33.4 Å². The van der Waals surface area contributed by atoms with E-state index >= 15 is 0 Å². The van der Waals surface area contributed by atoms with Crippen LogP contribution in [0.5, 0.6) is 0 Å². The molecule has 2 aliphatic carbocycles. The zero-order valence-corrected chi connectivity index (χ0v) is 24.9. The highest BCUT2D eigenvalue weighted by atomic mass is 16.3. The Hall–Kier alpha value is -5.14. The van der Waals surface area contributed by atoms with Gasteiger partial charge in [-0.05, 0) is 114 Å². The monoisotopic (exact) mass is 562 g/mol. The molecule has 1 heterocycles. The maximum absolute atomic E-state index is 6.38. The lowest BCUT2D eigenvalue weighted by Crippen LogP contribution is -2.14. The van der Waals surface area contributed by atoms with Gasteiger partial charge in [0.1, 0.15) is 11.0 Å². The molecule has 208 valence electrons. The molecule has 0 bridgehead atoms. The molecule has 8 aromatic rings. The number of hydrogen-bond acceptors (Lipinski definition) is 1. The van der Waals surface area contributed by atoms with Crippen LogP contribution in [0.2, 0.25) is 0 Å². The molecule has 0 radical (unpaired) electrons. The summed E-state index contributed by atoms with van der Waals surface area (Å²) in [6.45, 7) is 4.74. The normalized spacial score (nSPS) is 14.8. The van der Waals surface area contributed by atoms with Crippen molar-refractivity contribution in [1.29, 1.82) is 0 Å². The lowest BCUT2D eigenvalue weighted by Gasteiger charge is -2.23. The molecule has 7 aromatic carbocycles. The van der Waals surface area contributed by atoms with Gasteiger partial charge in [0.25, 0.3) is 0 Å². The third-order valence-corrected chi connectivity index (χ3v) is 10.5. The third-order valence-electron chi connectivity index (χ3n) is 10.5. The second-order valence-electron chi connectivity index (χ2n) is 13.1. The topological polar surface area (TPSA) is 13.1 Å². The molecule has 0 fully saturated rings. The molecule has 0 amide bonds. The highest BCUT2D eigenvalue weighted by molar-refractivity contribution is 6.23. The number of rotatable bonds is 2. The largest absolute Gasteiger partial charge is 0.456 e. The van der Waals surface area contributed by atoms with Crippen LogP contribution < -0.4 is 5.42 Å². The second kappa shape index (κ2) is 8.49. The molecule has 2 aliphatic rings. The van der Waals surface area contributed by atoms with Gasteiger partial charge in [-0.2, -0.15) is 0 Å². The molecular formula is C43H30O. The number of furan rings is 1. The summed E-state index contributed by atoms with van der Waals surface area (Å²) in [5, 5.41) is 9.03. The van der Waals surface area contributed by atoms with Gasteiger partial charge in [0.05, 0.1) is 0 Å². The predicted octanol–water partition coefficient (Wildman–Crippen LogP) is 11.0. The first-order valence-electron chi connectivity index (χ1n) is 15.8. The Balaban J connectivity index is 1.31. The SMILES string of the molecule is CC1(C)c2ccccc2-c2ccc(-c3c4ccccc4c(-c4cc5cccc6oc7c(c4CCC=7)c56)c4ccccc34)cc21. The maximum atomic E-state index is 6.38. The summed E-state index contributed by atoms with van der Waals surface area (Å²) in [4.78, 5) is 0. The third kappa shape index (κ3) is 3.04. The van der Waals surface area contributed by atoms with Crippen molar-refractivity contribution in [2.75, 3.05) is 0 Å². The minimum absolute atomic E-state index is 0.0456. The minimum Gasteiger partial charge on any atom is -0.456 e. The molecule has 0 N–H and O–H groups in total. The van der Waals surface area contributed by atoms with E-state index in [1.165, 1.54) is 87.8 Å². The summed E-state index contributed by atoms with van der Waals surface area (Å²) < 4.78 is 6.38. The Morgan fingerprint density at radius 2 is 1.25 bits per heavy atom. The van der Waals surface area contributed by atoms with Crippen LogP contribution in [-0.2, 0) is 11.8 Å². The molecule has 44 heavy (non-hydrogen) atoms. The molecular weight excluding hydrogens is 532 g/mol. The molecule has 1 nitrogen and oxygen atoms in total. The Morgan fingerprint density at radius 3 is 2.02 bits per heavy atom. The van der Waals surface area contributed by atoms with Crippen LogP contribution in [-0.4, -0.2) is 0 Å². The zero-order chi connectivity index (χ0) is 29.2. The smallest absolute Gasteiger partial charge is 0.136 e. The van der Waals surface area contributed by atoms with Crippen molar-refractivity contribution in [1.82, 2.24) is 0 Å². The Bertz CT molecular complexity index is 2520. The molecule has 0 unspecified atom stereocenters. The average molecular weight is 563 g/mol. The van der Waals surface area contributed by atoms with Crippen molar-refractivity contribution in [3.63, 3.8) is 0 Å². The Morgan fingerprint density at radius 1 is 0.568 bits per heavy atom. The molecule has 0 saturated carbocycles. The van der Waals surface area contributed by atoms with E-state index in [1.54, 1.807) is 0 Å². The molecule has 0 atom stereocenters. The van der Waals surface area contributed by atoms with Gasteiger partial charge < -0.3 is 4.42 Å². The van der Waals surface area contributed by atoms with E-state index in [0.29, 0.717) is 0 Å². The van der Waals surface area contributed by atoms with Crippen LogP contribution in [0.15, 0.2) is 120 Å². The zero-order valence-electron chi connectivity index (χ0n) is 24.9. The lowest BCUT2D eigenvalue weighted by molar-refractivity contribution is 0.579. The number of fused-ring (bicyclic) bond motifs is 5. The van der Waals surface area contributed by atoms with Crippen molar-refractivity contribution in [2.24, 2.45) is 0 Å². The summed E-state index contributed by atoms with van der Waals surface area (Å²) in [7, 11) is 0. The van der Waals surface area contributed by atoms with Crippen molar-refractivity contribution in [2.45, 2.75) is 32.1 Å².